The van der Waals surface area contributed by atoms with Gasteiger partial charge < -0.3 is 5.32 Å². The quantitative estimate of drug-likeness (QED) is 0.794. The highest BCUT2D eigenvalue weighted by atomic mass is 32.2. The van der Waals surface area contributed by atoms with Crippen LogP contribution in [-0.4, -0.2) is 17.5 Å². The Morgan fingerprint density at radius 3 is 2.82 bits per heavy atom. The van der Waals surface area contributed by atoms with Gasteiger partial charge in [-0.1, -0.05) is 18.2 Å². The summed E-state index contributed by atoms with van der Waals surface area (Å²) in [7, 11) is 0. The molecule has 2 unspecified atom stereocenters. The Kier molecular flexibility index (Phi) is 3.42. The van der Waals surface area contributed by atoms with Gasteiger partial charge in [0.1, 0.15) is 0 Å². The van der Waals surface area contributed by atoms with E-state index in [9.17, 15) is 0 Å². The molecule has 2 heterocycles. The maximum atomic E-state index is 4.67. The molecule has 2 aliphatic heterocycles. The lowest BCUT2D eigenvalue weighted by Gasteiger charge is -2.36. The van der Waals surface area contributed by atoms with Crippen LogP contribution in [0.2, 0.25) is 0 Å². The molecule has 2 saturated heterocycles. The summed E-state index contributed by atoms with van der Waals surface area (Å²) >= 11 is 6.82. The highest BCUT2D eigenvalue weighted by Crippen LogP contribution is 2.46. The highest BCUT2D eigenvalue weighted by molar-refractivity contribution is 8.00. The minimum atomic E-state index is 0.194. The zero-order chi connectivity index (χ0) is 11.7. The monoisotopic (exact) mass is 265 g/mol. The predicted molar refractivity (Wildman–Crippen MR) is 78.1 cm³/mol. The fourth-order valence-corrected chi connectivity index (χ4v) is 5.19. The van der Waals surface area contributed by atoms with E-state index in [0.29, 0.717) is 0 Å². The fourth-order valence-electron chi connectivity index (χ4n) is 3.26. The summed E-state index contributed by atoms with van der Waals surface area (Å²) in [6.45, 7) is 1.15. The van der Waals surface area contributed by atoms with Crippen molar-refractivity contribution in [3.63, 3.8) is 0 Å². The topological polar surface area (TPSA) is 12.0 Å². The third kappa shape index (κ3) is 2.02. The summed E-state index contributed by atoms with van der Waals surface area (Å²) in [6.07, 6.45) is 5.27. The van der Waals surface area contributed by atoms with Crippen molar-refractivity contribution in [1.82, 2.24) is 5.32 Å². The average Bonchev–Trinajstić information content (AvgIpc) is 3.01. The smallest absolute Gasteiger partial charge is 0.0566 e. The molecule has 0 spiro atoms. The number of thioether (sulfide) groups is 1. The molecule has 3 heteroatoms. The Labute approximate surface area is 113 Å². The van der Waals surface area contributed by atoms with Gasteiger partial charge in [-0.25, -0.2) is 0 Å². The standard InChI is InChI=1S/C14H19NS2/c16-12-6-2-1-5-11(12)14(8-4-9-15-14)13-7-3-10-17-13/h1-2,5-6,13,15-16H,3-4,7-10H2. The normalized spacial score (nSPS) is 33.1. The molecule has 2 aliphatic rings. The zero-order valence-corrected chi connectivity index (χ0v) is 11.7. The molecular formula is C14H19NS2. The summed E-state index contributed by atoms with van der Waals surface area (Å²) in [5.74, 6) is 1.32. The van der Waals surface area contributed by atoms with Gasteiger partial charge >= 0.3 is 0 Å². The second-order valence-corrected chi connectivity index (χ2v) is 6.81. The summed E-state index contributed by atoms with van der Waals surface area (Å²) in [4.78, 5) is 1.15. The van der Waals surface area contributed by atoms with Crippen molar-refractivity contribution in [2.75, 3.05) is 12.3 Å². The third-order valence-electron chi connectivity index (χ3n) is 4.05. The Morgan fingerprint density at radius 1 is 1.29 bits per heavy atom. The number of thiol groups is 1. The van der Waals surface area contributed by atoms with Crippen molar-refractivity contribution in [3.05, 3.63) is 29.8 Å². The van der Waals surface area contributed by atoms with E-state index in [2.05, 4.69) is 54.0 Å². The van der Waals surface area contributed by atoms with Crippen LogP contribution in [0.1, 0.15) is 31.2 Å². The Hall–Kier alpha value is -0.120. The molecule has 1 aromatic carbocycles. The molecular weight excluding hydrogens is 246 g/mol. The first-order chi connectivity index (χ1) is 8.33. The third-order valence-corrected chi connectivity index (χ3v) is 6.01. The van der Waals surface area contributed by atoms with E-state index in [4.69, 9.17) is 0 Å². The van der Waals surface area contributed by atoms with Crippen molar-refractivity contribution in [2.24, 2.45) is 0 Å². The van der Waals surface area contributed by atoms with Gasteiger partial charge in [0.15, 0.2) is 0 Å². The second kappa shape index (κ2) is 4.87. The molecule has 0 bridgehead atoms. The summed E-state index contributed by atoms with van der Waals surface area (Å²) in [5, 5.41) is 4.53. The highest BCUT2D eigenvalue weighted by Gasteiger charge is 2.44. The number of nitrogens with one attached hydrogen (secondary N) is 1. The van der Waals surface area contributed by atoms with Crippen LogP contribution in [0.4, 0.5) is 0 Å². The summed E-state index contributed by atoms with van der Waals surface area (Å²) in [5.41, 5.74) is 1.61. The van der Waals surface area contributed by atoms with E-state index in [1.165, 1.54) is 37.0 Å². The van der Waals surface area contributed by atoms with Gasteiger partial charge in [0.25, 0.3) is 0 Å². The van der Waals surface area contributed by atoms with Crippen LogP contribution in [-0.2, 0) is 5.54 Å². The van der Waals surface area contributed by atoms with Crippen LogP contribution < -0.4 is 5.32 Å². The molecule has 1 N–H and O–H groups in total. The van der Waals surface area contributed by atoms with Crippen LogP contribution in [0.25, 0.3) is 0 Å². The van der Waals surface area contributed by atoms with E-state index in [1.54, 1.807) is 0 Å². The van der Waals surface area contributed by atoms with Gasteiger partial charge in [0.05, 0.1) is 5.54 Å². The van der Waals surface area contributed by atoms with Crippen LogP contribution in [0, 0.1) is 0 Å². The predicted octanol–water partition coefficient (Wildman–Crippen LogP) is 3.45. The number of rotatable bonds is 2. The molecule has 0 radical (unpaired) electrons. The van der Waals surface area contributed by atoms with E-state index < -0.39 is 0 Å². The Morgan fingerprint density at radius 2 is 2.18 bits per heavy atom. The molecule has 17 heavy (non-hydrogen) atoms. The molecule has 0 aliphatic carbocycles. The van der Waals surface area contributed by atoms with Gasteiger partial charge in [-0.05, 0) is 49.6 Å². The minimum Gasteiger partial charge on any atom is -0.306 e. The van der Waals surface area contributed by atoms with Crippen molar-refractivity contribution in [2.45, 2.75) is 41.4 Å². The lowest BCUT2D eigenvalue weighted by Crippen LogP contribution is -2.45. The van der Waals surface area contributed by atoms with Gasteiger partial charge in [-0.2, -0.15) is 11.8 Å². The molecule has 0 saturated carbocycles. The van der Waals surface area contributed by atoms with Crippen molar-refractivity contribution >= 4 is 24.4 Å². The molecule has 2 fully saturated rings. The maximum absolute atomic E-state index is 4.67. The second-order valence-electron chi connectivity index (χ2n) is 5.02. The van der Waals surface area contributed by atoms with Crippen molar-refractivity contribution in [3.8, 4) is 0 Å². The Balaban J connectivity index is 2.02. The number of hydrogen-bond donors (Lipinski definition) is 2. The Bertz CT molecular complexity index is 393. The minimum absolute atomic E-state index is 0.194. The molecule has 0 aromatic heterocycles. The lowest BCUT2D eigenvalue weighted by molar-refractivity contribution is 0.362. The van der Waals surface area contributed by atoms with Crippen LogP contribution in [0.15, 0.2) is 29.2 Å². The van der Waals surface area contributed by atoms with Crippen molar-refractivity contribution in [1.29, 1.82) is 0 Å². The SMILES string of the molecule is Sc1ccccc1C1(C2CCCS2)CCCN1. The summed E-state index contributed by atoms with van der Waals surface area (Å²) in [6, 6.07) is 8.62. The van der Waals surface area contributed by atoms with E-state index in [1.807, 2.05) is 0 Å². The van der Waals surface area contributed by atoms with Crippen molar-refractivity contribution < 1.29 is 0 Å². The van der Waals surface area contributed by atoms with Gasteiger partial charge in [-0.15, -0.1) is 12.6 Å². The molecule has 0 amide bonds. The molecule has 1 nitrogen and oxygen atoms in total. The van der Waals surface area contributed by atoms with Crippen LogP contribution in [0.3, 0.4) is 0 Å². The first-order valence-electron chi connectivity index (χ1n) is 6.48. The van der Waals surface area contributed by atoms with Gasteiger partial charge in [-0.3, -0.25) is 0 Å². The summed E-state index contributed by atoms with van der Waals surface area (Å²) < 4.78 is 0. The molecule has 2 atom stereocenters. The zero-order valence-electron chi connectivity index (χ0n) is 9.98. The van der Waals surface area contributed by atoms with E-state index in [-0.39, 0.29) is 5.54 Å². The van der Waals surface area contributed by atoms with Crippen LogP contribution in [0.5, 0.6) is 0 Å². The largest absolute Gasteiger partial charge is 0.306 e. The van der Waals surface area contributed by atoms with E-state index >= 15 is 0 Å². The first-order valence-corrected chi connectivity index (χ1v) is 7.98. The number of benzene rings is 1. The maximum Gasteiger partial charge on any atom is 0.0566 e. The van der Waals surface area contributed by atoms with Gasteiger partial charge in [0, 0.05) is 10.1 Å². The average molecular weight is 265 g/mol. The first kappa shape index (κ1) is 11.9. The van der Waals surface area contributed by atoms with Crippen LogP contribution >= 0.6 is 24.4 Å². The number of hydrogen-bond acceptors (Lipinski definition) is 3. The molecule has 3 rings (SSSR count). The van der Waals surface area contributed by atoms with Gasteiger partial charge in [0.2, 0.25) is 0 Å². The molecule has 92 valence electrons. The van der Waals surface area contributed by atoms with E-state index in [0.717, 1.165) is 16.7 Å². The fraction of sp³-hybridized carbons (Fsp3) is 0.571. The molecule has 1 aromatic rings. The lowest BCUT2D eigenvalue weighted by atomic mass is 9.83.